The Hall–Kier alpha value is -1.03. The number of aromatic carboxylic acids is 1. The highest BCUT2D eigenvalue weighted by Crippen LogP contribution is 2.02. The van der Waals surface area contributed by atoms with E-state index >= 15 is 0 Å². The number of aromatic nitrogens is 2. The molecule has 1 N–H and O–H groups in total. The Kier molecular flexibility index (Phi) is 3.07. The third kappa shape index (κ3) is 1.71. The van der Waals surface area contributed by atoms with Crippen molar-refractivity contribution in [2.24, 2.45) is 7.05 Å². The van der Waals surface area contributed by atoms with Gasteiger partial charge in [0.25, 0.3) is 0 Å². The van der Waals surface area contributed by atoms with Gasteiger partial charge >= 0.3 is 5.97 Å². The molecule has 11 heavy (non-hydrogen) atoms. The molecule has 62 valence electrons. The molecule has 1 aromatic heterocycles. The largest absolute Gasteiger partial charge is 0.477 e. The minimum Gasteiger partial charge on any atom is -0.477 e. The van der Waals surface area contributed by atoms with Gasteiger partial charge in [-0.25, -0.2) is 9.78 Å². The van der Waals surface area contributed by atoms with Crippen molar-refractivity contribution in [1.82, 2.24) is 9.55 Å². The molecule has 0 spiro atoms. The van der Waals surface area contributed by atoms with Crippen molar-refractivity contribution < 1.29 is 9.90 Å². The summed E-state index contributed by atoms with van der Waals surface area (Å²) in [6.07, 6.45) is 1.48. The molecule has 0 aliphatic rings. The first-order valence-corrected chi connectivity index (χ1v) is 2.84. The van der Waals surface area contributed by atoms with Gasteiger partial charge in [0.05, 0.1) is 12.0 Å². The normalized spacial score (nSPS) is 8.91. The fourth-order valence-electron chi connectivity index (χ4n) is 0.853. The van der Waals surface area contributed by atoms with Crippen LogP contribution in [-0.4, -0.2) is 20.6 Å². The Morgan fingerprint density at radius 2 is 2.27 bits per heavy atom. The van der Waals surface area contributed by atoms with Crippen LogP contribution in [0.2, 0.25) is 0 Å². The molecule has 0 saturated carbocycles. The number of rotatable bonds is 1. The van der Waals surface area contributed by atoms with Crippen LogP contribution in [0.3, 0.4) is 0 Å². The monoisotopic (exact) mass is 176 g/mol. The first kappa shape index (κ1) is 9.97. The Balaban J connectivity index is 0.000001000. The Bertz CT molecular complexity index is 250. The molecule has 1 heterocycles. The number of imidazole rings is 1. The molecule has 0 aliphatic carbocycles. The van der Waals surface area contributed by atoms with Crippen molar-refractivity contribution >= 4 is 18.4 Å². The molecule has 0 fully saturated rings. The van der Waals surface area contributed by atoms with Gasteiger partial charge < -0.3 is 9.67 Å². The quantitative estimate of drug-likeness (QED) is 0.690. The van der Waals surface area contributed by atoms with Gasteiger partial charge in [0.15, 0.2) is 0 Å². The Morgan fingerprint density at radius 3 is 2.45 bits per heavy atom. The molecule has 0 atom stereocenters. The third-order valence-corrected chi connectivity index (χ3v) is 1.32. The van der Waals surface area contributed by atoms with Crippen LogP contribution < -0.4 is 0 Å². The zero-order valence-electron chi connectivity index (χ0n) is 6.24. The molecule has 1 rings (SSSR count). The van der Waals surface area contributed by atoms with Crippen molar-refractivity contribution in [2.75, 3.05) is 0 Å². The lowest BCUT2D eigenvalue weighted by molar-refractivity contribution is 0.0685. The van der Waals surface area contributed by atoms with Crippen molar-refractivity contribution in [3.8, 4) is 0 Å². The van der Waals surface area contributed by atoms with E-state index in [1.54, 1.807) is 14.0 Å². The number of halogens is 1. The van der Waals surface area contributed by atoms with Crippen LogP contribution in [0, 0.1) is 6.92 Å². The summed E-state index contributed by atoms with van der Waals surface area (Å²) in [6.45, 7) is 1.67. The maximum atomic E-state index is 10.4. The van der Waals surface area contributed by atoms with E-state index in [1.807, 2.05) is 0 Å². The van der Waals surface area contributed by atoms with Gasteiger partial charge in [0.1, 0.15) is 5.69 Å². The van der Waals surface area contributed by atoms with Crippen LogP contribution in [0.5, 0.6) is 0 Å². The van der Waals surface area contributed by atoms with Crippen LogP contribution >= 0.6 is 12.4 Å². The minimum atomic E-state index is -0.933. The van der Waals surface area contributed by atoms with Crippen LogP contribution in [0.15, 0.2) is 6.33 Å². The molecule has 0 aromatic carbocycles. The number of carboxylic acid groups (broad SMARTS) is 1. The highest BCUT2D eigenvalue weighted by molar-refractivity contribution is 5.86. The average Bonchev–Trinajstić information content (AvgIpc) is 2.11. The topological polar surface area (TPSA) is 55.1 Å². The van der Waals surface area contributed by atoms with E-state index in [0.717, 1.165) is 0 Å². The Labute approximate surface area is 70.3 Å². The number of aryl methyl sites for hydroxylation is 2. The predicted octanol–water partition coefficient (Wildman–Crippen LogP) is 0.849. The summed E-state index contributed by atoms with van der Waals surface area (Å²) < 4.78 is 1.48. The molecular weight excluding hydrogens is 168 g/mol. The molecule has 5 heteroatoms. The maximum Gasteiger partial charge on any atom is 0.354 e. The van der Waals surface area contributed by atoms with Gasteiger partial charge in [-0.1, -0.05) is 0 Å². The summed E-state index contributed by atoms with van der Waals surface area (Å²) in [6, 6.07) is 0. The standard InChI is InChI=1S/C6H8N2O2.ClH/c1-4-5(6(9)10)8(2)3-7-4;/h3H,1-2H3,(H,9,10);1H. The number of carboxylic acids is 1. The van der Waals surface area contributed by atoms with E-state index in [2.05, 4.69) is 4.98 Å². The molecular formula is C6H9ClN2O2. The Morgan fingerprint density at radius 1 is 1.73 bits per heavy atom. The van der Waals surface area contributed by atoms with Crippen molar-refractivity contribution in [3.63, 3.8) is 0 Å². The van der Waals surface area contributed by atoms with Gasteiger partial charge in [-0.15, -0.1) is 12.4 Å². The van der Waals surface area contributed by atoms with Gasteiger partial charge in [-0.3, -0.25) is 0 Å². The van der Waals surface area contributed by atoms with E-state index in [9.17, 15) is 4.79 Å². The summed E-state index contributed by atoms with van der Waals surface area (Å²) in [5, 5.41) is 8.57. The second kappa shape index (κ2) is 3.39. The number of carbonyl (C=O) groups is 1. The van der Waals surface area contributed by atoms with Crippen molar-refractivity contribution in [1.29, 1.82) is 0 Å². The zero-order valence-corrected chi connectivity index (χ0v) is 7.05. The SMILES string of the molecule is Cc1ncn(C)c1C(=O)O.Cl. The third-order valence-electron chi connectivity index (χ3n) is 1.32. The summed E-state index contributed by atoms with van der Waals surface area (Å²) in [4.78, 5) is 14.3. The van der Waals surface area contributed by atoms with Gasteiger partial charge in [-0.2, -0.15) is 0 Å². The van der Waals surface area contributed by atoms with Crippen LogP contribution in [0.4, 0.5) is 0 Å². The number of hydrogen-bond donors (Lipinski definition) is 1. The van der Waals surface area contributed by atoms with E-state index in [0.29, 0.717) is 5.69 Å². The van der Waals surface area contributed by atoms with E-state index < -0.39 is 5.97 Å². The fraction of sp³-hybridized carbons (Fsp3) is 0.333. The first-order valence-electron chi connectivity index (χ1n) is 2.84. The van der Waals surface area contributed by atoms with Gasteiger partial charge in [-0.05, 0) is 6.92 Å². The van der Waals surface area contributed by atoms with Crippen LogP contribution in [-0.2, 0) is 7.05 Å². The highest BCUT2D eigenvalue weighted by atomic mass is 35.5. The van der Waals surface area contributed by atoms with E-state index in [4.69, 9.17) is 5.11 Å². The molecule has 0 aliphatic heterocycles. The fourth-order valence-corrected chi connectivity index (χ4v) is 0.853. The van der Waals surface area contributed by atoms with Gasteiger partial charge in [0, 0.05) is 7.05 Å². The second-order valence-electron chi connectivity index (χ2n) is 2.09. The lowest BCUT2D eigenvalue weighted by Crippen LogP contribution is -2.05. The second-order valence-corrected chi connectivity index (χ2v) is 2.09. The molecule has 0 amide bonds. The lowest BCUT2D eigenvalue weighted by Gasteiger charge is -1.94. The first-order chi connectivity index (χ1) is 4.63. The van der Waals surface area contributed by atoms with Crippen LogP contribution in [0.25, 0.3) is 0 Å². The molecule has 0 unspecified atom stereocenters. The summed E-state index contributed by atoms with van der Waals surface area (Å²) in [5.41, 5.74) is 0.801. The maximum absolute atomic E-state index is 10.4. The molecule has 1 aromatic rings. The summed E-state index contributed by atoms with van der Waals surface area (Å²) >= 11 is 0. The van der Waals surface area contributed by atoms with Crippen molar-refractivity contribution in [3.05, 3.63) is 17.7 Å². The molecule has 0 radical (unpaired) electrons. The number of nitrogens with zero attached hydrogens (tertiary/aromatic N) is 2. The van der Waals surface area contributed by atoms with E-state index in [1.165, 1.54) is 10.9 Å². The summed E-state index contributed by atoms with van der Waals surface area (Å²) in [5.74, 6) is -0.933. The summed E-state index contributed by atoms with van der Waals surface area (Å²) in [7, 11) is 1.66. The molecule has 0 saturated heterocycles. The highest BCUT2D eigenvalue weighted by Gasteiger charge is 2.10. The molecule has 4 nitrogen and oxygen atoms in total. The minimum absolute atomic E-state index is 0. The number of hydrogen-bond acceptors (Lipinski definition) is 2. The lowest BCUT2D eigenvalue weighted by atomic mass is 10.3. The smallest absolute Gasteiger partial charge is 0.354 e. The zero-order chi connectivity index (χ0) is 7.72. The van der Waals surface area contributed by atoms with Crippen LogP contribution in [0.1, 0.15) is 16.2 Å². The average molecular weight is 177 g/mol. The van der Waals surface area contributed by atoms with E-state index in [-0.39, 0.29) is 18.1 Å². The van der Waals surface area contributed by atoms with Crippen molar-refractivity contribution in [2.45, 2.75) is 6.92 Å². The molecule has 0 bridgehead atoms. The predicted molar refractivity (Wildman–Crippen MR) is 42.2 cm³/mol. The van der Waals surface area contributed by atoms with Gasteiger partial charge in [0.2, 0.25) is 0 Å².